The summed E-state index contributed by atoms with van der Waals surface area (Å²) in [6.45, 7) is 2.91. The molecule has 0 fully saturated rings. The van der Waals surface area contributed by atoms with Crippen molar-refractivity contribution in [3.8, 4) is 11.5 Å². The fourth-order valence-corrected chi connectivity index (χ4v) is 3.89. The summed E-state index contributed by atoms with van der Waals surface area (Å²) in [7, 11) is 1.58. The molecule has 0 radical (unpaired) electrons. The summed E-state index contributed by atoms with van der Waals surface area (Å²) in [6.07, 6.45) is 3.25. The third-order valence-electron chi connectivity index (χ3n) is 5.10. The van der Waals surface area contributed by atoms with Gasteiger partial charge in [0.1, 0.15) is 0 Å². The summed E-state index contributed by atoms with van der Waals surface area (Å²) < 4.78 is 7.55. The zero-order valence-corrected chi connectivity index (χ0v) is 15.0. The number of ether oxygens (including phenoxy) is 1. The molecule has 0 unspecified atom stereocenters. The van der Waals surface area contributed by atoms with Crippen LogP contribution in [0.2, 0.25) is 0 Å². The number of phenolic OH excluding ortho intramolecular Hbond substituents is 1. The van der Waals surface area contributed by atoms with Crippen molar-refractivity contribution in [2.75, 3.05) is 13.7 Å². The lowest BCUT2D eigenvalue weighted by Crippen LogP contribution is -2.29. The minimum atomic E-state index is 0.101. The van der Waals surface area contributed by atoms with E-state index in [1.165, 1.54) is 11.3 Å². The number of phenols is 1. The summed E-state index contributed by atoms with van der Waals surface area (Å²) in [5.74, 6) is 0.694. The molecular weight excluding hydrogens is 324 g/mol. The summed E-state index contributed by atoms with van der Waals surface area (Å²) in [5, 5.41) is 10.3. The van der Waals surface area contributed by atoms with Gasteiger partial charge >= 0.3 is 0 Å². The quantitative estimate of drug-likeness (QED) is 0.768. The van der Waals surface area contributed by atoms with Crippen molar-refractivity contribution in [2.45, 2.75) is 25.6 Å². The minimum Gasteiger partial charge on any atom is -0.504 e. The normalized spacial score (nSPS) is 17.5. The maximum atomic E-state index is 10.3. The van der Waals surface area contributed by atoms with E-state index >= 15 is 0 Å². The number of fused-ring (bicyclic) bond motifs is 1. The van der Waals surface area contributed by atoms with Crippen LogP contribution in [0, 0.1) is 0 Å². The van der Waals surface area contributed by atoms with Crippen molar-refractivity contribution >= 4 is 0 Å². The van der Waals surface area contributed by atoms with Crippen molar-refractivity contribution in [1.82, 2.24) is 9.47 Å². The maximum absolute atomic E-state index is 10.3. The van der Waals surface area contributed by atoms with Crippen molar-refractivity contribution in [2.24, 2.45) is 0 Å². The van der Waals surface area contributed by atoms with Gasteiger partial charge in [0.2, 0.25) is 0 Å². The van der Waals surface area contributed by atoms with E-state index in [4.69, 9.17) is 4.74 Å². The highest BCUT2D eigenvalue weighted by molar-refractivity contribution is 5.44. The number of methoxy groups -OCH3 is 1. The lowest BCUT2D eigenvalue weighted by Gasteiger charge is -2.31. The molecule has 0 amide bonds. The van der Waals surface area contributed by atoms with E-state index in [0.29, 0.717) is 5.75 Å². The lowest BCUT2D eigenvalue weighted by molar-refractivity contribution is 0.220. The topological polar surface area (TPSA) is 37.6 Å². The van der Waals surface area contributed by atoms with E-state index in [-0.39, 0.29) is 11.8 Å². The summed E-state index contributed by atoms with van der Waals surface area (Å²) >= 11 is 0. The Morgan fingerprint density at radius 2 is 1.88 bits per heavy atom. The highest BCUT2D eigenvalue weighted by Crippen LogP contribution is 2.37. The Balaban J connectivity index is 1.75. The van der Waals surface area contributed by atoms with Crippen LogP contribution in [0.4, 0.5) is 0 Å². The third-order valence-corrected chi connectivity index (χ3v) is 5.10. The van der Waals surface area contributed by atoms with Gasteiger partial charge in [-0.1, -0.05) is 36.4 Å². The van der Waals surface area contributed by atoms with Crippen LogP contribution in [-0.2, 0) is 13.1 Å². The summed E-state index contributed by atoms with van der Waals surface area (Å²) in [5.41, 5.74) is 3.65. The first-order chi connectivity index (χ1) is 12.8. The molecule has 0 saturated carbocycles. The molecule has 4 nitrogen and oxygen atoms in total. The van der Waals surface area contributed by atoms with Crippen molar-refractivity contribution in [1.29, 1.82) is 0 Å². The number of nitrogens with zero attached hydrogens (tertiary/aromatic N) is 2. The number of hydrogen-bond donors (Lipinski definition) is 1. The first kappa shape index (κ1) is 16.7. The van der Waals surface area contributed by atoms with Crippen LogP contribution in [0.15, 0.2) is 66.9 Å². The molecule has 2 aromatic carbocycles. The molecule has 3 aromatic rings. The second-order valence-corrected chi connectivity index (χ2v) is 6.77. The van der Waals surface area contributed by atoms with Crippen LogP contribution in [-0.4, -0.2) is 28.2 Å². The zero-order chi connectivity index (χ0) is 17.9. The highest BCUT2D eigenvalue weighted by Gasteiger charge is 2.28. The Hall–Kier alpha value is -2.72. The number of hydrogen-bond acceptors (Lipinski definition) is 3. The monoisotopic (exact) mass is 348 g/mol. The van der Waals surface area contributed by atoms with Crippen LogP contribution < -0.4 is 4.74 Å². The Morgan fingerprint density at radius 1 is 1.04 bits per heavy atom. The Bertz CT molecular complexity index is 873. The molecule has 0 saturated heterocycles. The van der Waals surface area contributed by atoms with Gasteiger partial charge in [0.05, 0.1) is 13.2 Å². The van der Waals surface area contributed by atoms with E-state index in [0.717, 1.165) is 31.6 Å². The van der Waals surface area contributed by atoms with Gasteiger partial charge in [0.25, 0.3) is 0 Å². The van der Waals surface area contributed by atoms with Crippen LogP contribution in [0.5, 0.6) is 11.5 Å². The average molecular weight is 348 g/mol. The molecule has 134 valence electrons. The molecule has 26 heavy (non-hydrogen) atoms. The molecule has 1 N–H and O–H groups in total. The zero-order valence-electron chi connectivity index (χ0n) is 15.0. The van der Waals surface area contributed by atoms with Gasteiger partial charge in [-0.2, -0.15) is 0 Å². The van der Waals surface area contributed by atoms with Gasteiger partial charge in [0.15, 0.2) is 11.5 Å². The number of aromatic nitrogens is 1. The van der Waals surface area contributed by atoms with E-state index in [2.05, 4.69) is 64.2 Å². The van der Waals surface area contributed by atoms with Gasteiger partial charge in [-0.25, -0.2) is 0 Å². The standard InChI is InChI=1S/C22H24N2O2/c1-26-21-11-10-18(15-20(21)25)22-19-9-5-12-23(19)13-6-14-24(22)16-17-7-3-2-4-8-17/h2-5,7-12,15,22,25H,6,13-14,16H2,1H3/t22-/m0/s1. The predicted molar refractivity (Wildman–Crippen MR) is 102 cm³/mol. The largest absolute Gasteiger partial charge is 0.504 e. The first-order valence-corrected chi connectivity index (χ1v) is 9.06. The van der Waals surface area contributed by atoms with Gasteiger partial charge in [-0.15, -0.1) is 0 Å². The number of aromatic hydroxyl groups is 1. The summed E-state index contributed by atoms with van der Waals surface area (Å²) in [6, 6.07) is 20.7. The molecule has 1 aliphatic heterocycles. The Morgan fingerprint density at radius 3 is 2.65 bits per heavy atom. The van der Waals surface area contributed by atoms with E-state index < -0.39 is 0 Å². The SMILES string of the molecule is COc1ccc([C@H]2c3cccn3CCCN2Cc2ccccc2)cc1O. The van der Waals surface area contributed by atoms with Gasteiger partial charge in [-0.3, -0.25) is 4.90 Å². The smallest absolute Gasteiger partial charge is 0.160 e. The number of rotatable bonds is 4. The second-order valence-electron chi connectivity index (χ2n) is 6.77. The van der Waals surface area contributed by atoms with Gasteiger partial charge in [-0.05, 0) is 41.8 Å². The van der Waals surface area contributed by atoms with Crippen molar-refractivity contribution in [3.05, 3.63) is 83.7 Å². The number of aryl methyl sites for hydroxylation is 1. The predicted octanol–water partition coefficient (Wildman–Crippen LogP) is 4.20. The van der Waals surface area contributed by atoms with E-state index in [1.54, 1.807) is 7.11 Å². The minimum absolute atomic E-state index is 0.101. The van der Waals surface area contributed by atoms with E-state index in [1.807, 2.05) is 12.1 Å². The van der Waals surface area contributed by atoms with E-state index in [9.17, 15) is 5.11 Å². The molecule has 0 bridgehead atoms. The fourth-order valence-electron chi connectivity index (χ4n) is 3.89. The lowest BCUT2D eigenvalue weighted by atomic mass is 10.0. The maximum Gasteiger partial charge on any atom is 0.160 e. The second kappa shape index (κ2) is 7.26. The molecule has 0 aliphatic carbocycles. The van der Waals surface area contributed by atoms with Crippen molar-refractivity contribution in [3.63, 3.8) is 0 Å². The molecule has 2 heterocycles. The fraction of sp³-hybridized carbons (Fsp3) is 0.273. The molecule has 1 aromatic heterocycles. The number of benzene rings is 2. The molecule has 4 heteroatoms. The molecule has 0 spiro atoms. The molecule has 4 rings (SSSR count). The molecule has 1 atom stereocenters. The third kappa shape index (κ3) is 3.20. The van der Waals surface area contributed by atoms with Crippen LogP contribution >= 0.6 is 0 Å². The van der Waals surface area contributed by atoms with Crippen molar-refractivity contribution < 1.29 is 9.84 Å². The Kier molecular flexibility index (Phi) is 4.67. The van der Waals surface area contributed by atoms with Gasteiger partial charge in [0, 0.05) is 31.5 Å². The van der Waals surface area contributed by atoms with Crippen LogP contribution in [0.3, 0.4) is 0 Å². The van der Waals surface area contributed by atoms with Crippen LogP contribution in [0.25, 0.3) is 0 Å². The molecular formula is C22H24N2O2. The highest BCUT2D eigenvalue weighted by atomic mass is 16.5. The average Bonchev–Trinajstić information content (AvgIpc) is 3.04. The van der Waals surface area contributed by atoms with Crippen LogP contribution in [0.1, 0.15) is 29.3 Å². The Labute approximate surface area is 154 Å². The first-order valence-electron chi connectivity index (χ1n) is 9.06. The van der Waals surface area contributed by atoms with Gasteiger partial charge < -0.3 is 14.4 Å². The molecule has 1 aliphatic rings. The summed E-state index contributed by atoms with van der Waals surface area (Å²) in [4.78, 5) is 2.50.